The second kappa shape index (κ2) is 9.11. The van der Waals surface area contributed by atoms with Gasteiger partial charge in [-0.2, -0.15) is 10.2 Å². The highest BCUT2D eigenvalue weighted by atomic mass is 16.1. The predicted molar refractivity (Wildman–Crippen MR) is 119 cm³/mol. The lowest BCUT2D eigenvalue weighted by atomic mass is 10.1. The van der Waals surface area contributed by atoms with Crippen LogP contribution in [0.25, 0.3) is 11.3 Å². The molecule has 0 amide bonds. The Labute approximate surface area is 182 Å². The van der Waals surface area contributed by atoms with E-state index in [1.807, 2.05) is 12.1 Å². The largest absolute Gasteiger partial charge is 0.299 e. The van der Waals surface area contributed by atoms with Crippen LogP contribution in [-0.4, -0.2) is 67.1 Å². The third-order valence-corrected chi connectivity index (χ3v) is 6.40. The van der Waals surface area contributed by atoms with Crippen LogP contribution in [0.1, 0.15) is 24.1 Å². The van der Waals surface area contributed by atoms with E-state index in [0.29, 0.717) is 6.54 Å². The minimum absolute atomic E-state index is 0.0533. The van der Waals surface area contributed by atoms with Crippen molar-refractivity contribution in [2.45, 2.75) is 38.9 Å². The van der Waals surface area contributed by atoms with Gasteiger partial charge in [0.25, 0.3) is 5.56 Å². The first-order chi connectivity index (χ1) is 15.3. The number of aromatic nitrogens is 5. The molecule has 0 spiro atoms. The van der Waals surface area contributed by atoms with Crippen molar-refractivity contribution in [3.63, 3.8) is 0 Å². The normalized spacial score (nSPS) is 17.5. The van der Waals surface area contributed by atoms with Gasteiger partial charge < -0.3 is 0 Å². The predicted octanol–water partition coefficient (Wildman–Crippen LogP) is 1.66. The zero-order chi connectivity index (χ0) is 21.0. The van der Waals surface area contributed by atoms with E-state index in [2.05, 4.69) is 35.9 Å². The molecule has 8 heteroatoms. The molecule has 31 heavy (non-hydrogen) atoms. The van der Waals surface area contributed by atoms with Crippen molar-refractivity contribution in [3.05, 3.63) is 64.5 Å². The van der Waals surface area contributed by atoms with E-state index in [1.54, 1.807) is 29.2 Å². The quantitative estimate of drug-likeness (QED) is 0.605. The number of hydrogen-bond acceptors (Lipinski definition) is 6. The van der Waals surface area contributed by atoms with Gasteiger partial charge in [0.2, 0.25) is 0 Å². The number of pyridine rings is 1. The summed E-state index contributed by atoms with van der Waals surface area (Å²) in [7, 11) is 0. The van der Waals surface area contributed by atoms with Crippen molar-refractivity contribution in [1.82, 2.24) is 34.3 Å². The van der Waals surface area contributed by atoms with E-state index in [-0.39, 0.29) is 5.56 Å². The number of hydrogen-bond donors (Lipinski definition) is 0. The van der Waals surface area contributed by atoms with Crippen LogP contribution in [0.2, 0.25) is 0 Å². The molecule has 5 heterocycles. The Morgan fingerprint density at radius 1 is 0.871 bits per heavy atom. The lowest BCUT2D eigenvalue weighted by Gasteiger charge is -2.34. The summed E-state index contributed by atoms with van der Waals surface area (Å²) < 4.78 is 3.78. The Morgan fingerprint density at radius 3 is 2.52 bits per heavy atom. The Hall–Kier alpha value is -2.84. The summed E-state index contributed by atoms with van der Waals surface area (Å²) >= 11 is 0. The summed E-state index contributed by atoms with van der Waals surface area (Å²) in [4.78, 5) is 21.3. The number of piperazine rings is 1. The lowest BCUT2D eigenvalue weighted by Crippen LogP contribution is -2.47. The van der Waals surface area contributed by atoms with Crippen LogP contribution in [0.4, 0.5) is 0 Å². The van der Waals surface area contributed by atoms with E-state index in [9.17, 15) is 4.79 Å². The average Bonchev–Trinajstić information content (AvgIpc) is 3.23. The van der Waals surface area contributed by atoms with Gasteiger partial charge in [0.1, 0.15) is 0 Å². The summed E-state index contributed by atoms with van der Waals surface area (Å²) in [6.07, 6.45) is 9.24. The Balaban J connectivity index is 1.15. The summed E-state index contributed by atoms with van der Waals surface area (Å²) in [6, 6.07) is 7.21. The molecule has 0 N–H and O–H groups in total. The molecule has 1 fully saturated rings. The van der Waals surface area contributed by atoms with Crippen molar-refractivity contribution >= 4 is 0 Å². The van der Waals surface area contributed by atoms with Crippen molar-refractivity contribution in [1.29, 1.82) is 0 Å². The molecule has 0 aromatic carbocycles. The van der Waals surface area contributed by atoms with Crippen molar-refractivity contribution < 1.29 is 0 Å². The molecule has 3 aromatic heterocycles. The maximum atomic E-state index is 12.3. The summed E-state index contributed by atoms with van der Waals surface area (Å²) in [5.41, 5.74) is 4.56. The van der Waals surface area contributed by atoms with Gasteiger partial charge in [0, 0.05) is 81.1 Å². The molecular formula is C23H29N7O. The molecule has 2 aliphatic rings. The number of rotatable bonds is 6. The highest BCUT2D eigenvalue weighted by molar-refractivity contribution is 5.56. The molecule has 1 saturated heterocycles. The van der Waals surface area contributed by atoms with Crippen LogP contribution in [0.3, 0.4) is 0 Å². The van der Waals surface area contributed by atoms with Gasteiger partial charge in [-0.25, -0.2) is 4.68 Å². The molecule has 3 aromatic rings. The minimum Gasteiger partial charge on any atom is -0.299 e. The topological polar surface area (TPSA) is 72.1 Å². The number of aryl methyl sites for hydroxylation is 1. The van der Waals surface area contributed by atoms with Gasteiger partial charge in [-0.3, -0.25) is 24.3 Å². The second-order valence-electron chi connectivity index (χ2n) is 8.43. The molecule has 0 aliphatic carbocycles. The Bertz CT molecular complexity index is 1070. The van der Waals surface area contributed by atoms with Crippen LogP contribution in [0, 0.1) is 0 Å². The van der Waals surface area contributed by atoms with Crippen LogP contribution in [-0.2, 0) is 26.1 Å². The van der Waals surface area contributed by atoms with Gasteiger partial charge >= 0.3 is 0 Å². The van der Waals surface area contributed by atoms with Gasteiger partial charge in [-0.1, -0.05) is 0 Å². The molecule has 162 valence electrons. The summed E-state index contributed by atoms with van der Waals surface area (Å²) in [5, 5.41) is 9.14. The van der Waals surface area contributed by atoms with Crippen molar-refractivity contribution in [2.24, 2.45) is 0 Å². The molecule has 8 nitrogen and oxygen atoms in total. The number of nitrogens with zero attached hydrogens (tertiary/aromatic N) is 7. The fraction of sp³-hybridized carbons (Fsp3) is 0.478. The van der Waals surface area contributed by atoms with E-state index in [4.69, 9.17) is 0 Å². The molecule has 0 saturated carbocycles. The van der Waals surface area contributed by atoms with Crippen LogP contribution in [0.5, 0.6) is 0 Å². The minimum atomic E-state index is -0.0533. The second-order valence-corrected chi connectivity index (χ2v) is 8.43. The Morgan fingerprint density at radius 2 is 1.68 bits per heavy atom. The first-order valence-corrected chi connectivity index (χ1v) is 11.2. The fourth-order valence-electron chi connectivity index (χ4n) is 4.55. The third kappa shape index (κ3) is 4.60. The van der Waals surface area contributed by atoms with E-state index in [0.717, 1.165) is 63.5 Å². The maximum absolute atomic E-state index is 12.3. The molecule has 0 radical (unpaired) electrons. The van der Waals surface area contributed by atoms with Crippen LogP contribution >= 0.6 is 0 Å². The first-order valence-electron chi connectivity index (χ1n) is 11.2. The van der Waals surface area contributed by atoms with Gasteiger partial charge in [0.05, 0.1) is 18.4 Å². The highest BCUT2D eigenvalue weighted by Gasteiger charge is 2.21. The lowest BCUT2D eigenvalue weighted by molar-refractivity contribution is 0.122. The molecular weight excluding hydrogens is 390 g/mol. The third-order valence-electron chi connectivity index (χ3n) is 6.40. The molecule has 0 unspecified atom stereocenters. The molecule has 0 bridgehead atoms. The van der Waals surface area contributed by atoms with Crippen LogP contribution in [0.15, 0.2) is 47.7 Å². The standard InChI is InChI=1S/C23H29N7O/c31-23-5-4-21(19-6-8-24-9-7-19)26-30(23)16-15-27-11-13-28(14-12-27)18-20-17-25-29-10-2-1-3-22(20)29/h4-9,17H,1-3,10-16,18H2. The smallest absolute Gasteiger partial charge is 0.266 e. The Kier molecular flexibility index (Phi) is 5.90. The summed E-state index contributed by atoms with van der Waals surface area (Å²) in [6.45, 7) is 7.63. The highest BCUT2D eigenvalue weighted by Crippen LogP contribution is 2.20. The van der Waals surface area contributed by atoms with Gasteiger partial charge in [-0.15, -0.1) is 0 Å². The summed E-state index contributed by atoms with van der Waals surface area (Å²) in [5.74, 6) is 0. The van der Waals surface area contributed by atoms with Crippen molar-refractivity contribution in [3.8, 4) is 11.3 Å². The SMILES string of the molecule is O=c1ccc(-c2ccncc2)nn1CCN1CCN(Cc2cnn3c2CCCC3)CC1. The fourth-order valence-corrected chi connectivity index (χ4v) is 4.55. The molecule has 2 aliphatic heterocycles. The van der Waals surface area contributed by atoms with Crippen LogP contribution < -0.4 is 5.56 Å². The van der Waals surface area contributed by atoms with E-state index in [1.165, 1.54) is 24.1 Å². The molecule has 5 rings (SSSR count). The zero-order valence-corrected chi connectivity index (χ0v) is 17.9. The maximum Gasteiger partial charge on any atom is 0.266 e. The molecule has 0 atom stereocenters. The average molecular weight is 420 g/mol. The van der Waals surface area contributed by atoms with E-state index >= 15 is 0 Å². The zero-order valence-electron chi connectivity index (χ0n) is 17.9. The van der Waals surface area contributed by atoms with Gasteiger partial charge in [0.15, 0.2) is 0 Å². The van der Waals surface area contributed by atoms with Gasteiger partial charge in [-0.05, 0) is 37.5 Å². The van der Waals surface area contributed by atoms with Crippen molar-refractivity contribution in [2.75, 3.05) is 32.7 Å². The first kappa shape index (κ1) is 20.1. The monoisotopic (exact) mass is 419 g/mol. The van der Waals surface area contributed by atoms with E-state index < -0.39 is 0 Å². The number of fused-ring (bicyclic) bond motifs is 1.